The summed E-state index contributed by atoms with van der Waals surface area (Å²) >= 11 is -0.101. The summed E-state index contributed by atoms with van der Waals surface area (Å²) in [5.74, 6) is -25.7. The number of halogens is 11. The van der Waals surface area contributed by atoms with Crippen molar-refractivity contribution in [2.24, 2.45) is 0 Å². The Labute approximate surface area is 367 Å². The molecule has 0 radical (unpaired) electrons. The van der Waals surface area contributed by atoms with Gasteiger partial charge in [0.15, 0.2) is 68.4 Å². The maximum Gasteiger partial charge on any atom is 0.357 e. The molecule has 0 saturated heterocycles. The van der Waals surface area contributed by atoms with Crippen molar-refractivity contribution in [1.82, 2.24) is 0 Å². The molecule has 20 heteroatoms. The molecule has 7 aromatic rings. The van der Waals surface area contributed by atoms with E-state index in [4.69, 9.17) is 0 Å². The Morgan fingerprint density at radius 3 is 0.968 bits per heavy atom. The van der Waals surface area contributed by atoms with Crippen molar-refractivity contribution in [3.8, 4) is 0 Å². The van der Waals surface area contributed by atoms with Gasteiger partial charge in [-0.3, -0.25) is 0 Å². The van der Waals surface area contributed by atoms with Crippen LogP contribution < -0.4 is 21.2 Å². The average Bonchev–Trinajstić information content (AvgIpc) is 3.26. The van der Waals surface area contributed by atoms with Crippen LogP contribution >= 0.6 is 0 Å². The van der Waals surface area contributed by atoms with Crippen LogP contribution in [0.15, 0.2) is 164 Å². The van der Waals surface area contributed by atoms with Crippen LogP contribution in [0.2, 0.25) is 0 Å². The molecular formula is C43H25F10IO6S3. The molecular weight excluding hydrogens is 1030 g/mol. The minimum absolute atomic E-state index is 0.0884. The van der Waals surface area contributed by atoms with Crippen LogP contribution in [0.25, 0.3) is 0 Å². The van der Waals surface area contributed by atoms with Crippen molar-refractivity contribution in [3.63, 3.8) is 0 Å². The highest BCUT2D eigenvalue weighted by Crippen LogP contribution is 2.32. The van der Waals surface area contributed by atoms with E-state index in [0.717, 1.165) is 6.42 Å². The van der Waals surface area contributed by atoms with Gasteiger partial charge < -0.3 is 9.11 Å². The van der Waals surface area contributed by atoms with Crippen LogP contribution in [-0.2, 0) is 37.6 Å². The molecule has 0 aliphatic carbocycles. The first-order valence-corrected chi connectivity index (χ1v) is 23.6. The quantitative estimate of drug-likeness (QED) is 0.0382. The Morgan fingerprint density at radius 2 is 0.635 bits per heavy atom. The maximum absolute atomic E-state index is 12.6. The fourth-order valence-electron chi connectivity index (χ4n) is 5.38. The molecule has 63 heavy (non-hydrogen) atoms. The molecule has 0 aromatic heterocycles. The summed E-state index contributed by atoms with van der Waals surface area (Å²) in [5, 5.41) is 0. The van der Waals surface area contributed by atoms with Crippen molar-refractivity contribution in [2.45, 2.75) is 30.9 Å². The van der Waals surface area contributed by atoms with Crippen molar-refractivity contribution < 1.29 is 91.1 Å². The van der Waals surface area contributed by atoms with Gasteiger partial charge >= 0.3 is 21.2 Å². The van der Waals surface area contributed by atoms with Gasteiger partial charge in [-0.2, -0.15) is 0 Å². The second-order valence-corrected chi connectivity index (χ2v) is 20.2. The van der Waals surface area contributed by atoms with Crippen molar-refractivity contribution >= 4 is 31.1 Å². The van der Waals surface area contributed by atoms with E-state index >= 15 is 0 Å². The summed E-state index contributed by atoms with van der Waals surface area (Å²) in [5.41, 5.74) is 2.72. The minimum Gasteiger partial charge on any atom is -0.744 e. The molecule has 328 valence electrons. The lowest BCUT2D eigenvalue weighted by molar-refractivity contribution is -0.597. The van der Waals surface area contributed by atoms with Crippen molar-refractivity contribution in [1.29, 1.82) is 0 Å². The van der Waals surface area contributed by atoms with E-state index < -0.39 is 88.2 Å². The summed E-state index contributed by atoms with van der Waals surface area (Å²) in [6.07, 6.45) is 0.967. The van der Waals surface area contributed by atoms with Crippen LogP contribution in [-0.4, -0.2) is 25.9 Å². The van der Waals surface area contributed by atoms with E-state index in [1.54, 1.807) is 0 Å². The van der Waals surface area contributed by atoms with Gasteiger partial charge in [-0.25, -0.2) is 60.7 Å². The van der Waals surface area contributed by atoms with Crippen LogP contribution in [0, 0.1) is 65.3 Å². The third kappa shape index (κ3) is 12.1. The lowest BCUT2D eigenvalue weighted by atomic mass is 10.1. The third-order valence-electron chi connectivity index (χ3n) is 8.23. The Morgan fingerprint density at radius 1 is 0.365 bits per heavy atom. The fourth-order valence-corrected chi connectivity index (χ4v) is 10.9. The van der Waals surface area contributed by atoms with Gasteiger partial charge in [0.1, 0.15) is 30.0 Å². The molecule has 7 rings (SSSR count). The molecule has 0 amide bonds. The Kier molecular flexibility index (Phi) is 16.2. The molecule has 0 fully saturated rings. The summed E-state index contributed by atoms with van der Waals surface area (Å²) in [4.78, 5) is -0.681. The number of rotatable bonds is 9. The Bertz CT molecular complexity index is 2740. The predicted molar refractivity (Wildman–Crippen MR) is 203 cm³/mol. The molecule has 0 atom stereocenters. The van der Waals surface area contributed by atoms with Gasteiger partial charge in [-0.15, -0.1) is 0 Å². The van der Waals surface area contributed by atoms with Gasteiger partial charge in [0.25, 0.3) is 0 Å². The molecule has 0 N–H and O–H groups in total. The zero-order valence-electron chi connectivity index (χ0n) is 31.3. The normalized spacial score (nSPS) is 11.4. The zero-order valence-corrected chi connectivity index (χ0v) is 35.9. The van der Waals surface area contributed by atoms with Crippen molar-refractivity contribution in [3.05, 3.63) is 216 Å². The monoisotopic (exact) mass is 1050 g/mol. The minimum atomic E-state index is -5.77. The highest BCUT2D eigenvalue weighted by molar-refractivity contribution is 7.97. The Hall–Kier alpha value is -5.26. The van der Waals surface area contributed by atoms with E-state index in [9.17, 15) is 69.8 Å². The summed E-state index contributed by atoms with van der Waals surface area (Å²) in [6.45, 7) is 0. The first-order valence-electron chi connectivity index (χ1n) is 17.4. The smallest absolute Gasteiger partial charge is 0.357 e. The largest absolute Gasteiger partial charge is 0.744 e. The standard InChI is InChI=1S/C31H25IS.2C6HF5O3S/c1-4-10-27(11-5-1)32-28-20-16-25(17-21-28)24-26-18-22-31(23-19-26)33(29-12-6-2-7-13-29)30-14-8-3-9-15-30;2*7-1-2(8)4(10)6(15(12,13)14)5(11)3(1)9/h1-23H,24H2;2*(H,12,13,14)/q+2;;/p-2. The van der Waals surface area contributed by atoms with Gasteiger partial charge in [-0.1, -0.05) is 78.9 Å². The summed E-state index contributed by atoms with van der Waals surface area (Å²) in [7, 11) is -11.6. The highest BCUT2D eigenvalue weighted by Gasteiger charge is 2.31. The van der Waals surface area contributed by atoms with Gasteiger partial charge in [-0.05, 0) is 78.2 Å². The Balaban J connectivity index is 0.000000208. The summed E-state index contributed by atoms with van der Waals surface area (Å²) < 4.78 is 189. The lowest BCUT2D eigenvalue weighted by Crippen LogP contribution is -3.61. The lowest BCUT2D eigenvalue weighted by Gasteiger charge is -2.10. The van der Waals surface area contributed by atoms with E-state index in [1.165, 1.54) is 33.0 Å². The highest BCUT2D eigenvalue weighted by atomic mass is 127. The van der Waals surface area contributed by atoms with Gasteiger partial charge in [0.2, 0.25) is 11.6 Å². The van der Waals surface area contributed by atoms with Crippen LogP contribution in [0.3, 0.4) is 0 Å². The van der Waals surface area contributed by atoms with Crippen LogP contribution in [0.5, 0.6) is 0 Å². The maximum atomic E-state index is 12.6. The van der Waals surface area contributed by atoms with E-state index in [1.807, 2.05) is 0 Å². The van der Waals surface area contributed by atoms with E-state index in [0.29, 0.717) is 0 Å². The number of hydrogen-bond donors (Lipinski definition) is 0. The molecule has 0 spiro atoms. The first-order chi connectivity index (χ1) is 29.7. The molecule has 0 heterocycles. The molecule has 0 aliphatic heterocycles. The second-order valence-electron chi connectivity index (χ2n) is 12.5. The second kappa shape index (κ2) is 20.9. The zero-order chi connectivity index (χ0) is 46.2. The molecule has 0 bridgehead atoms. The van der Waals surface area contributed by atoms with E-state index in [-0.39, 0.29) is 32.1 Å². The van der Waals surface area contributed by atoms with Gasteiger partial charge in [0, 0.05) is 0 Å². The fraction of sp³-hybridized carbons (Fsp3) is 0.0233. The average molecular weight is 1050 g/mol. The number of benzene rings is 7. The summed E-state index contributed by atoms with van der Waals surface area (Å²) in [6, 6.07) is 50.9. The van der Waals surface area contributed by atoms with E-state index in [2.05, 4.69) is 140 Å². The van der Waals surface area contributed by atoms with Crippen molar-refractivity contribution in [2.75, 3.05) is 0 Å². The van der Waals surface area contributed by atoms with Gasteiger partial charge in [0.05, 0.1) is 10.9 Å². The molecule has 0 saturated carbocycles. The number of hydrogen-bond acceptors (Lipinski definition) is 6. The molecule has 7 aromatic carbocycles. The van der Waals surface area contributed by atoms with Crippen LogP contribution in [0.4, 0.5) is 43.9 Å². The van der Waals surface area contributed by atoms with Crippen LogP contribution in [0.1, 0.15) is 11.1 Å². The molecule has 0 unspecified atom stereocenters. The SMILES string of the molecule is O=S(=O)([O-])c1c(F)c(F)c(F)c(F)c1F.O=S(=O)([O-])c1c(F)c(F)c(F)c(F)c1F.c1ccc([I+]c2ccc(Cc3ccc([S+](c4ccccc4)c4ccccc4)cc3)cc2)cc1. The topological polar surface area (TPSA) is 114 Å². The predicted octanol–water partition coefficient (Wildman–Crippen LogP) is 7.07. The molecule has 6 nitrogen and oxygen atoms in total. The molecule has 0 aliphatic rings. The first kappa shape index (κ1) is 48.8. The third-order valence-corrected chi connectivity index (χ3v) is 14.9.